The minimum absolute atomic E-state index is 0.0437. The molecular formula is C24H21FN6O3S. The maximum atomic E-state index is 14.1. The number of nitrogens with one attached hydrogen (secondary N) is 2. The molecule has 0 radical (unpaired) electrons. The van der Waals surface area contributed by atoms with Crippen molar-refractivity contribution in [2.24, 2.45) is 0 Å². The Bertz CT molecular complexity index is 1430. The van der Waals surface area contributed by atoms with Crippen LogP contribution in [-0.2, 0) is 20.8 Å². The van der Waals surface area contributed by atoms with Gasteiger partial charge in [-0.1, -0.05) is 18.2 Å². The van der Waals surface area contributed by atoms with Gasteiger partial charge in [-0.15, -0.1) is 16.4 Å². The lowest BCUT2D eigenvalue weighted by Gasteiger charge is -2.16. The van der Waals surface area contributed by atoms with E-state index in [2.05, 4.69) is 20.7 Å². The highest BCUT2D eigenvalue weighted by molar-refractivity contribution is 7.15. The van der Waals surface area contributed by atoms with Crippen molar-refractivity contribution in [1.29, 1.82) is 0 Å². The molecule has 178 valence electrons. The van der Waals surface area contributed by atoms with E-state index in [1.54, 1.807) is 51.9 Å². The fourth-order valence-corrected chi connectivity index (χ4v) is 4.75. The van der Waals surface area contributed by atoms with Crippen LogP contribution >= 0.6 is 11.3 Å². The number of carbonyl (C=O) groups is 3. The average Bonchev–Trinajstić information content (AvgIpc) is 3.56. The summed E-state index contributed by atoms with van der Waals surface area (Å²) in [5.41, 5.74) is 2.22. The molecule has 5 rings (SSSR count). The molecule has 3 amide bonds. The first-order valence-corrected chi connectivity index (χ1v) is 12.0. The molecule has 1 aliphatic rings. The second kappa shape index (κ2) is 9.63. The van der Waals surface area contributed by atoms with Crippen LogP contribution in [0.3, 0.4) is 0 Å². The summed E-state index contributed by atoms with van der Waals surface area (Å²) in [6, 6.07) is 13.2. The number of rotatable bonds is 6. The highest BCUT2D eigenvalue weighted by atomic mass is 32.1. The molecule has 9 nitrogen and oxygen atoms in total. The summed E-state index contributed by atoms with van der Waals surface area (Å²) in [4.78, 5) is 43.2. The van der Waals surface area contributed by atoms with Crippen molar-refractivity contribution in [3.63, 3.8) is 0 Å². The fraction of sp³-hybridized carbons (Fsp3) is 0.208. The molecule has 0 saturated carbocycles. The summed E-state index contributed by atoms with van der Waals surface area (Å²) >= 11 is 1.36. The zero-order chi connectivity index (χ0) is 24.4. The van der Waals surface area contributed by atoms with Crippen molar-refractivity contribution in [3.8, 4) is 11.4 Å². The van der Waals surface area contributed by atoms with Crippen LogP contribution in [0.25, 0.3) is 16.3 Å². The molecular weight excluding hydrogens is 471 g/mol. The van der Waals surface area contributed by atoms with E-state index in [-0.39, 0.29) is 18.3 Å². The summed E-state index contributed by atoms with van der Waals surface area (Å²) in [7, 11) is 0. The molecule has 3 heterocycles. The molecule has 0 aliphatic carbocycles. The van der Waals surface area contributed by atoms with Gasteiger partial charge < -0.3 is 15.5 Å². The molecule has 4 aromatic rings. The van der Waals surface area contributed by atoms with Gasteiger partial charge in [0, 0.05) is 42.7 Å². The molecule has 1 aliphatic heterocycles. The Balaban J connectivity index is 1.18. The number of anilines is 2. The van der Waals surface area contributed by atoms with Crippen LogP contribution in [0.2, 0.25) is 0 Å². The van der Waals surface area contributed by atoms with Crippen molar-refractivity contribution in [2.75, 3.05) is 23.3 Å². The molecule has 1 fully saturated rings. The lowest BCUT2D eigenvalue weighted by atomic mass is 10.2. The molecule has 35 heavy (non-hydrogen) atoms. The molecule has 0 unspecified atom stereocenters. The van der Waals surface area contributed by atoms with Gasteiger partial charge in [-0.05, 0) is 36.8 Å². The van der Waals surface area contributed by atoms with Gasteiger partial charge in [-0.25, -0.2) is 8.91 Å². The Labute approximate surface area is 203 Å². The van der Waals surface area contributed by atoms with Crippen LogP contribution in [0.5, 0.6) is 0 Å². The maximum absolute atomic E-state index is 14.1. The first-order valence-electron chi connectivity index (χ1n) is 11.1. The monoisotopic (exact) mass is 492 g/mol. The first kappa shape index (κ1) is 22.7. The van der Waals surface area contributed by atoms with E-state index in [0.717, 1.165) is 12.1 Å². The van der Waals surface area contributed by atoms with Crippen LogP contribution < -0.4 is 15.5 Å². The Morgan fingerprint density at radius 3 is 2.77 bits per heavy atom. The third-order valence-corrected chi connectivity index (χ3v) is 6.49. The van der Waals surface area contributed by atoms with E-state index in [1.807, 2.05) is 5.38 Å². The minimum Gasteiger partial charge on any atom is -0.347 e. The van der Waals surface area contributed by atoms with E-state index in [1.165, 1.54) is 17.4 Å². The Morgan fingerprint density at radius 2 is 1.97 bits per heavy atom. The van der Waals surface area contributed by atoms with Crippen molar-refractivity contribution in [2.45, 2.75) is 19.3 Å². The molecule has 2 aromatic heterocycles. The van der Waals surface area contributed by atoms with Crippen LogP contribution in [0.1, 0.15) is 18.5 Å². The topological polar surface area (TPSA) is 109 Å². The third-order valence-electron chi connectivity index (χ3n) is 5.63. The SMILES string of the molecule is O=C(NCCc1csc2nc(-c3ccccc3F)nn12)C(=O)Nc1cccc(N2CCCC2=O)c1. The number of amides is 3. The van der Waals surface area contributed by atoms with Gasteiger partial charge in [0.15, 0.2) is 5.82 Å². The zero-order valence-electron chi connectivity index (χ0n) is 18.5. The molecule has 1 saturated heterocycles. The van der Waals surface area contributed by atoms with Crippen molar-refractivity contribution in [1.82, 2.24) is 19.9 Å². The number of thiazole rings is 1. The number of halogens is 1. The van der Waals surface area contributed by atoms with E-state index < -0.39 is 17.6 Å². The van der Waals surface area contributed by atoms with E-state index in [0.29, 0.717) is 41.3 Å². The Morgan fingerprint density at radius 1 is 1.11 bits per heavy atom. The minimum atomic E-state index is -0.798. The highest BCUT2D eigenvalue weighted by Gasteiger charge is 2.22. The van der Waals surface area contributed by atoms with Gasteiger partial charge in [0.25, 0.3) is 0 Å². The van der Waals surface area contributed by atoms with E-state index in [9.17, 15) is 18.8 Å². The summed E-state index contributed by atoms with van der Waals surface area (Å²) in [5.74, 6) is -1.64. The predicted octanol–water partition coefficient (Wildman–Crippen LogP) is 3.02. The van der Waals surface area contributed by atoms with Gasteiger partial charge in [-0.2, -0.15) is 4.98 Å². The van der Waals surface area contributed by atoms with Gasteiger partial charge >= 0.3 is 11.8 Å². The number of hydrogen-bond donors (Lipinski definition) is 2. The predicted molar refractivity (Wildman–Crippen MR) is 130 cm³/mol. The molecule has 0 spiro atoms. The maximum Gasteiger partial charge on any atom is 0.313 e. The Kier molecular flexibility index (Phi) is 6.23. The number of nitrogens with zero attached hydrogens (tertiary/aromatic N) is 4. The fourth-order valence-electron chi connectivity index (χ4n) is 3.90. The number of fused-ring (bicyclic) bond motifs is 1. The largest absolute Gasteiger partial charge is 0.347 e. The van der Waals surface area contributed by atoms with Crippen molar-refractivity contribution >= 4 is 45.4 Å². The van der Waals surface area contributed by atoms with Gasteiger partial charge in [0.1, 0.15) is 5.82 Å². The lowest BCUT2D eigenvalue weighted by molar-refractivity contribution is -0.136. The quantitative estimate of drug-likeness (QED) is 0.402. The number of hydrogen-bond acceptors (Lipinski definition) is 6. The van der Waals surface area contributed by atoms with Gasteiger partial charge in [0.2, 0.25) is 10.9 Å². The standard InChI is InChI=1S/C24H21FN6O3S/c25-19-8-2-1-7-18(19)21-28-24-31(29-21)17(14-35-24)10-11-26-22(33)23(34)27-15-5-3-6-16(13-15)30-12-4-9-20(30)32/h1-3,5-8,13-14H,4,9-12H2,(H,26,33)(H,27,34). The Hall–Kier alpha value is -4.12. The molecule has 2 N–H and O–H groups in total. The van der Waals surface area contributed by atoms with E-state index >= 15 is 0 Å². The van der Waals surface area contributed by atoms with E-state index in [4.69, 9.17) is 0 Å². The summed E-state index contributed by atoms with van der Waals surface area (Å²) in [5, 5.41) is 11.4. The number of benzene rings is 2. The summed E-state index contributed by atoms with van der Waals surface area (Å²) in [6.45, 7) is 0.843. The lowest BCUT2D eigenvalue weighted by Crippen LogP contribution is -2.36. The second-order valence-electron chi connectivity index (χ2n) is 8.00. The van der Waals surface area contributed by atoms with Crippen LogP contribution in [0.15, 0.2) is 53.9 Å². The number of aromatic nitrogens is 3. The normalized spacial score (nSPS) is 13.4. The molecule has 0 atom stereocenters. The van der Waals surface area contributed by atoms with Crippen molar-refractivity contribution < 1.29 is 18.8 Å². The smallest absolute Gasteiger partial charge is 0.313 e. The van der Waals surface area contributed by atoms with Crippen LogP contribution in [-0.4, -0.2) is 45.4 Å². The van der Waals surface area contributed by atoms with Crippen molar-refractivity contribution in [3.05, 3.63) is 65.4 Å². The van der Waals surface area contributed by atoms with Gasteiger partial charge in [-0.3, -0.25) is 14.4 Å². The number of carbonyl (C=O) groups excluding carboxylic acids is 3. The highest BCUT2D eigenvalue weighted by Crippen LogP contribution is 2.25. The molecule has 0 bridgehead atoms. The van der Waals surface area contributed by atoms with Gasteiger partial charge in [0.05, 0.1) is 11.3 Å². The van der Waals surface area contributed by atoms with Crippen LogP contribution in [0, 0.1) is 5.82 Å². The molecule has 2 aromatic carbocycles. The average molecular weight is 493 g/mol. The zero-order valence-corrected chi connectivity index (χ0v) is 19.3. The third kappa shape index (κ3) is 4.76. The first-order chi connectivity index (χ1) is 17.0. The summed E-state index contributed by atoms with van der Waals surface area (Å²) in [6.07, 6.45) is 1.72. The molecule has 11 heteroatoms. The summed E-state index contributed by atoms with van der Waals surface area (Å²) < 4.78 is 15.7. The second-order valence-corrected chi connectivity index (χ2v) is 8.83. The van der Waals surface area contributed by atoms with Crippen LogP contribution in [0.4, 0.5) is 15.8 Å².